The first kappa shape index (κ1) is 14.6. The van der Waals surface area contributed by atoms with Crippen molar-refractivity contribution in [2.24, 2.45) is 9.98 Å². The van der Waals surface area contributed by atoms with Crippen LogP contribution in [0.15, 0.2) is 39.7 Å². The molecule has 120 valence electrons. The Morgan fingerprint density at radius 3 is 2.83 bits per heavy atom. The summed E-state index contributed by atoms with van der Waals surface area (Å²) < 4.78 is 0. The lowest BCUT2D eigenvalue weighted by Gasteiger charge is -2.38. The van der Waals surface area contributed by atoms with Gasteiger partial charge in [0.05, 0.1) is 28.3 Å². The highest BCUT2D eigenvalue weighted by atomic mass is 32.1. The molecule has 0 saturated carbocycles. The second-order valence-electron chi connectivity index (χ2n) is 5.94. The van der Waals surface area contributed by atoms with Crippen LogP contribution in [-0.4, -0.2) is 58.7 Å². The van der Waals surface area contributed by atoms with Crippen LogP contribution >= 0.6 is 11.3 Å². The van der Waals surface area contributed by atoms with Crippen molar-refractivity contribution in [1.82, 2.24) is 20.1 Å². The molecule has 1 unspecified atom stereocenters. The van der Waals surface area contributed by atoms with E-state index >= 15 is 0 Å². The molecule has 3 aliphatic heterocycles. The average molecular weight is 328 g/mol. The zero-order valence-corrected chi connectivity index (χ0v) is 14.2. The van der Waals surface area contributed by atoms with Gasteiger partial charge in [0.25, 0.3) is 0 Å². The van der Waals surface area contributed by atoms with Crippen molar-refractivity contribution >= 4 is 28.7 Å². The third kappa shape index (κ3) is 2.60. The van der Waals surface area contributed by atoms with Gasteiger partial charge in [0, 0.05) is 38.6 Å². The molecule has 0 aliphatic carbocycles. The van der Waals surface area contributed by atoms with Crippen LogP contribution in [0.2, 0.25) is 0 Å². The summed E-state index contributed by atoms with van der Waals surface area (Å²) in [5.74, 6) is 1.94. The topological polar surface area (TPSA) is 56.1 Å². The van der Waals surface area contributed by atoms with E-state index in [0.29, 0.717) is 0 Å². The fourth-order valence-electron chi connectivity index (χ4n) is 2.94. The molecular weight excluding hydrogens is 308 g/mol. The van der Waals surface area contributed by atoms with Crippen LogP contribution in [0, 0.1) is 0 Å². The van der Waals surface area contributed by atoms with Gasteiger partial charge in [-0.05, 0) is 19.4 Å². The summed E-state index contributed by atoms with van der Waals surface area (Å²) in [6, 6.07) is 0.190. The molecule has 7 heteroatoms. The molecule has 0 bridgehead atoms. The minimum Gasteiger partial charge on any atom is -0.351 e. The highest BCUT2D eigenvalue weighted by Crippen LogP contribution is 2.31. The molecule has 1 fully saturated rings. The summed E-state index contributed by atoms with van der Waals surface area (Å²) in [4.78, 5) is 19.5. The Hall–Kier alpha value is -1.99. The number of aromatic nitrogens is 1. The quantitative estimate of drug-likeness (QED) is 0.853. The van der Waals surface area contributed by atoms with E-state index in [1.165, 1.54) is 5.57 Å². The average Bonchev–Trinajstić information content (AvgIpc) is 3.10. The molecule has 4 heterocycles. The van der Waals surface area contributed by atoms with Crippen molar-refractivity contribution in [2.75, 3.05) is 26.2 Å². The molecule has 1 saturated heterocycles. The summed E-state index contributed by atoms with van der Waals surface area (Å²) in [6.45, 7) is 8.17. The summed E-state index contributed by atoms with van der Waals surface area (Å²) in [6.07, 6.45) is 6.03. The standard InChI is InChI=1S/C16H20N6S/c1-11-9-22-13(14-8-18-10-23-14)7-19-15(16(22)20-12(11)2)21-5-3-17-4-6-21/h7-10,12,17H,3-6H2,1-2H3. The number of hydrogen-bond donors (Lipinski definition) is 1. The molecule has 1 atom stereocenters. The van der Waals surface area contributed by atoms with Gasteiger partial charge < -0.3 is 10.2 Å². The van der Waals surface area contributed by atoms with E-state index in [2.05, 4.69) is 40.1 Å². The SMILES string of the molecule is CC1=CN2C(c3cncs3)=CN=C(N3CCNCC3)C2=NC1C. The van der Waals surface area contributed by atoms with Gasteiger partial charge in [-0.15, -0.1) is 11.3 Å². The first-order valence-corrected chi connectivity index (χ1v) is 8.80. The van der Waals surface area contributed by atoms with Gasteiger partial charge in [0.2, 0.25) is 0 Å². The van der Waals surface area contributed by atoms with E-state index in [0.717, 1.165) is 48.4 Å². The highest BCUT2D eigenvalue weighted by molar-refractivity contribution is 7.10. The van der Waals surface area contributed by atoms with E-state index in [9.17, 15) is 0 Å². The minimum atomic E-state index is 0.190. The van der Waals surface area contributed by atoms with Gasteiger partial charge in [-0.1, -0.05) is 0 Å². The molecule has 4 rings (SSSR count). The van der Waals surface area contributed by atoms with E-state index in [1.54, 1.807) is 11.3 Å². The van der Waals surface area contributed by atoms with Crippen LogP contribution < -0.4 is 5.32 Å². The predicted octanol–water partition coefficient (Wildman–Crippen LogP) is 1.77. The lowest BCUT2D eigenvalue weighted by atomic mass is 10.1. The fourth-order valence-corrected chi connectivity index (χ4v) is 3.56. The van der Waals surface area contributed by atoms with Crippen molar-refractivity contribution in [3.63, 3.8) is 0 Å². The van der Waals surface area contributed by atoms with Gasteiger partial charge >= 0.3 is 0 Å². The molecule has 0 amide bonds. The lowest BCUT2D eigenvalue weighted by molar-refractivity contribution is 0.358. The normalized spacial score (nSPS) is 24.5. The summed E-state index contributed by atoms with van der Waals surface area (Å²) in [5, 5.41) is 3.39. The maximum absolute atomic E-state index is 4.93. The monoisotopic (exact) mass is 328 g/mol. The largest absolute Gasteiger partial charge is 0.351 e. The van der Waals surface area contributed by atoms with Gasteiger partial charge in [-0.25, -0.2) is 4.99 Å². The molecule has 0 spiro atoms. The van der Waals surface area contributed by atoms with Crippen LogP contribution in [-0.2, 0) is 0 Å². The van der Waals surface area contributed by atoms with Gasteiger partial charge in [0.15, 0.2) is 11.7 Å². The molecular formula is C16H20N6S. The Labute approximate surface area is 139 Å². The smallest absolute Gasteiger partial charge is 0.176 e. The number of hydrogen-bond acceptors (Lipinski definition) is 7. The number of piperazine rings is 1. The number of nitrogens with zero attached hydrogens (tertiary/aromatic N) is 5. The fraction of sp³-hybridized carbons (Fsp3) is 0.438. The number of nitrogens with one attached hydrogen (secondary N) is 1. The number of rotatable bonds is 1. The molecule has 1 aromatic rings. The maximum Gasteiger partial charge on any atom is 0.176 e. The first-order valence-electron chi connectivity index (χ1n) is 7.92. The van der Waals surface area contributed by atoms with Gasteiger partial charge in [-0.2, -0.15) is 0 Å². The van der Waals surface area contributed by atoms with Crippen LogP contribution in [0.4, 0.5) is 0 Å². The first-order chi connectivity index (χ1) is 11.2. The Morgan fingerprint density at radius 1 is 1.26 bits per heavy atom. The lowest BCUT2D eigenvalue weighted by Crippen LogP contribution is -2.52. The zero-order valence-electron chi connectivity index (χ0n) is 13.4. The second kappa shape index (κ2) is 5.90. The Bertz CT molecular complexity index is 709. The second-order valence-corrected chi connectivity index (χ2v) is 6.83. The van der Waals surface area contributed by atoms with Gasteiger partial charge in [0.1, 0.15) is 0 Å². The van der Waals surface area contributed by atoms with Crippen LogP contribution in [0.25, 0.3) is 5.70 Å². The summed E-state index contributed by atoms with van der Waals surface area (Å²) in [5.41, 5.74) is 4.16. The number of amidine groups is 2. The predicted molar refractivity (Wildman–Crippen MR) is 94.5 cm³/mol. The van der Waals surface area contributed by atoms with Crippen molar-refractivity contribution in [2.45, 2.75) is 19.9 Å². The maximum atomic E-state index is 4.93. The Morgan fingerprint density at radius 2 is 2.09 bits per heavy atom. The van der Waals surface area contributed by atoms with Crippen molar-refractivity contribution in [1.29, 1.82) is 0 Å². The summed E-state index contributed by atoms with van der Waals surface area (Å²) in [7, 11) is 0. The number of fused-ring (bicyclic) bond motifs is 1. The Kier molecular flexibility index (Phi) is 3.74. The van der Waals surface area contributed by atoms with Crippen LogP contribution in [0.1, 0.15) is 18.7 Å². The van der Waals surface area contributed by atoms with Crippen molar-refractivity contribution in [3.8, 4) is 0 Å². The molecule has 0 aromatic carbocycles. The molecule has 23 heavy (non-hydrogen) atoms. The molecule has 3 aliphatic rings. The molecule has 1 N–H and O–H groups in total. The zero-order chi connectivity index (χ0) is 15.8. The third-order valence-corrected chi connectivity index (χ3v) is 5.20. The minimum absolute atomic E-state index is 0.190. The van der Waals surface area contributed by atoms with Crippen LogP contribution in [0.3, 0.4) is 0 Å². The Balaban J connectivity index is 1.77. The number of aliphatic imine (C=N–C) groups is 2. The van der Waals surface area contributed by atoms with Crippen molar-refractivity contribution < 1.29 is 0 Å². The van der Waals surface area contributed by atoms with E-state index in [-0.39, 0.29) is 6.04 Å². The molecule has 1 aromatic heterocycles. The van der Waals surface area contributed by atoms with Gasteiger partial charge in [-0.3, -0.25) is 14.9 Å². The van der Waals surface area contributed by atoms with E-state index < -0.39 is 0 Å². The van der Waals surface area contributed by atoms with E-state index in [4.69, 9.17) is 9.98 Å². The molecule has 6 nitrogen and oxygen atoms in total. The molecule has 0 radical (unpaired) electrons. The van der Waals surface area contributed by atoms with Crippen molar-refractivity contribution in [3.05, 3.63) is 34.6 Å². The van der Waals surface area contributed by atoms with E-state index in [1.807, 2.05) is 17.9 Å². The summed E-state index contributed by atoms with van der Waals surface area (Å²) >= 11 is 1.63. The third-order valence-electron chi connectivity index (χ3n) is 4.41. The highest BCUT2D eigenvalue weighted by Gasteiger charge is 2.32. The van der Waals surface area contributed by atoms with Crippen LogP contribution in [0.5, 0.6) is 0 Å². The number of thiazole rings is 1.